The first-order valence-electron chi connectivity index (χ1n) is 13.0. The fourth-order valence-electron chi connectivity index (χ4n) is 6.85. The third-order valence-corrected chi connectivity index (χ3v) is 8.53. The molecule has 4 unspecified atom stereocenters. The predicted molar refractivity (Wildman–Crippen MR) is 147 cm³/mol. The van der Waals surface area contributed by atoms with Crippen LogP contribution in [0.2, 0.25) is 0 Å². The lowest BCUT2D eigenvalue weighted by Gasteiger charge is -2.52. The summed E-state index contributed by atoms with van der Waals surface area (Å²) >= 11 is 0. The number of ketones is 1. The van der Waals surface area contributed by atoms with Gasteiger partial charge in [0.2, 0.25) is 5.79 Å². The number of hydrogen-bond acceptors (Lipinski definition) is 10. The lowest BCUT2D eigenvalue weighted by atomic mass is 9.59. The zero-order valence-corrected chi connectivity index (χ0v) is 23.0. The molecular formula is C29H34N4O7. The number of nitrogens with two attached hydrogens (primary N) is 1. The van der Waals surface area contributed by atoms with Gasteiger partial charge >= 0.3 is 0 Å². The van der Waals surface area contributed by atoms with Crippen LogP contribution in [-0.4, -0.2) is 89.1 Å². The number of phenolic OH excluding ortho intramolecular Hbond substituents is 1. The summed E-state index contributed by atoms with van der Waals surface area (Å²) in [7, 11) is 8.31. The molecule has 0 fully saturated rings. The van der Waals surface area contributed by atoms with Gasteiger partial charge in [-0.25, -0.2) is 4.98 Å². The minimum Gasteiger partial charge on any atom is -0.511 e. The van der Waals surface area contributed by atoms with Crippen molar-refractivity contribution in [3.63, 3.8) is 0 Å². The molecular weight excluding hydrogens is 516 g/mol. The normalized spacial score (nSPS) is 27.8. The lowest BCUT2D eigenvalue weighted by Crippen LogP contribution is -2.61. The van der Waals surface area contributed by atoms with Gasteiger partial charge in [0.25, 0.3) is 5.91 Å². The van der Waals surface area contributed by atoms with Crippen molar-refractivity contribution in [1.29, 1.82) is 0 Å². The molecule has 0 saturated carbocycles. The maximum absolute atomic E-state index is 14.0. The minimum absolute atomic E-state index is 0.0421. The van der Waals surface area contributed by atoms with E-state index < -0.39 is 58.4 Å². The van der Waals surface area contributed by atoms with Crippen LogP contribution in [-0.2, 0) is 16.0 Å². The van der Waals surface area contributed by atoms with E-state index in [4.69, 9.17) is 10.5 Å². The Kier molecular flexibility index (Phi) is 6.64. The zero-order chi connectivity index (χ0) is 29.3. The van der Waals surface area contributed by atoms with E-state index in [0.717, 1.165) is 24.1 Å². The number of aromatic hydroxyl groups is 1. The first-order valence-corrected chi connectivity index (χ1v) is 13.0. The van der Waals surface area contributed by atoms with Crippen LogP contribution in [0.3, 0.4) is 0 Å². The number of fused-ring (bicyclic) bond motifs is 3. The number of primary amides is 1. The highest BCUT2D eigenvalue weighted by Crippen LogP contribution is 2.55. The van der Waals surface area contributed by atoms with Gasteiger partial charge in [-0.1, -0.05) is 6.07 Å². The monoisotopic (exact) mass is 550 g/mol. The molecule has 3 aliphatic carbocycles. The summed E-state index contributed by atoms with van der Waals surface area (Å²) in [5, 5.41) is 45.2. The van der Waals surface area contributed by atoms with E-state index in [1.165, 1.54) is 6.07 Å². The standard InChI is InChI=1S/C29H34N4O7/c1-32(2)19-9-6-13(12-31-19)15-7-8-18(34)21-16(15)10-14-11-17-22(26(36)20(14)25(21)35)29(39,40-5)23(28(30)38)27(37)24(17)33(3)4/h6-9,12,14,17,22,24,34,36-37,39H,10-11H2,1-5H3,(H2,30,38)/t14?,17?,22?,24-,29?/m0/s1. The second-order valence-corrected chi connectivity index (χ2v) is 11.1. The smallest absolute Gasteiger partial charge is 0.253 e. The van der Waals surface area contributed by atoms with Crippen molar-refractivity contribution in [3.8, 4) is 16.9 Å². The van der Waals surface area contributed by atoms with Crippen molar-refractivity contribution in [3.05, 3.63) is 64.3 Å². The summed E-state index contributed by atoms with van der Waals surface area (Å²) in [4.78, 5) is 34.4. The molecule has 1 aromatic heterocycles. The number of phenols is 1. The molecule has 0 radical (unpaired) electrons. The molecule has 11 heteroatoms. The molecule has 1 aromatic carbocycles. The number of hydrogen-bond donors (Lipinski definition) is 5. The number of pyridine rings is 1. The topological polar surface area (TPSA) is 170 Å². The largest absolute Gasteiger partial charge is 0.511 e. The first kappa shape index (κ1) is 27.6. The summed E-state index contributed by atoms with van der Waals surface area (Å²) in [5.41, 5.74) is 7.23. The average Bonchev–Trinajstić information content (AvgIpc) is 2.88. The number of aromatic nitrogens is 1. The summed E-state index contributed by atoms with van der Waals surface area (Å²) in [6.45, 7) is 0. The highest BCUT2D eigenvalue weighted by atomic mass is 16.6. The van der Waals surface area contributed by atoms with Crippen LogP contribution in [0.1, 0.15) is 22.3 Å². The summed E-state index contributed by atoms with van der Waals surface area (Å²) in [5.74, 6) is -6.91. The Hall–Kier alpha value is -3.93. The number of carbonyl (C=O) groups is 2. The maximum atomic E-state index is 14.0. The molecule has 0 aliphatic heterocycles. The number of likely N-dealkylation sites (N-methyl/N-ethyl adjacent to an activating group) is 1. The Morgan fingerprint density at radius 2 is 1.80 bits per heavy atom. The Bertz CT molecular complexity index is 1460. The highest BCUT2D eigenvalue weighted by Gasteiger charge is 2.61. The van der Waals surface area contributed by atoms with Gasteiger partial charge in [-0.2, -0.15) is 0 Å². The van der Waals surface area contributed by atoms with E-state index in [1.54, 1.807) is 31.3 Å². The number of amides is 1. The van der Waals surface area contributed by atoms with Crippen LogP contribution in [0, 0.1) is 17.8 Å². The molecule has 5 rings (SSSR count). The van der Waals surface area contributed by atoms with Crippen LogP contribution < -0.4 is 10.6 Å². The van der Waals surface area contributed by atoms with Crippen molar-refractivity contribution in [2.75, 3.05) is 40.2 Å². The van der Waals surface area contributed by atoms with E-state index in [2.05, 4.69) is 4.98 Å². The summed E-state index contributed by atoms with van der Waals surface area (Å²) in [6, 6.07) is 6.15. The van der Waals surface area contributed by atoms with E-state index >= 15 is 0 Å². The molecule has 5 atom stereocenters. The fourth-order valence-corrected chi connectivity index (χ4v) is 6.85. The van der Waals surface area contributed by atoms with Crippen LogP contribution >= 0.6 is 0 Å². The number of aliphatic hydroxyl groups is 3. The molecule has 0 saturated heterocycles. The van der Waals surface area contributed by atoms with Gasteiger partial charge < -0.3 is 35.8 Å². The van der Waals surface area contributed by atoms with Crippen LogP contribution in [0.15, 0.2) is 53.1 Å². The van der Waals surface area contributed by atoms with Crippen LogP contribution in [0.4, 0.5) is 5.82 Å². The van der Waals surface area contributed by atoms with E-state index in [9.17, 15) is 30.0 Å². The van der Waals surface area contributed by atoms with Gasteiger partial charge in [-0.3, -0.25) is 14.5 Å². The molecule has 3 aliphatic rings. The number of Topliss-reactive ketones (excluding diaryl/α,β-unsaturated/α-hetero) is 1. The van der Waals surface area contributed by atoms with Crippen molar-refractivity contribution in [1.82, 2.24) is 9.88 Å². The van der Waals surface area contributed by atoms with Crippen molar-refractivity contribution >= 4 is 17.5 Å². The number of allylic oxidation sites excluding steroid dienone is 1. The third kappa shape index (κ3) is 3.87. The Morgan fingerprint density at radius 3 is 2.35 bits per heavy atom. The number of methoxy groups -OCH3 is 1. The van der Waals surface area contributed by atoms with Crippen molar-refractivity contribution in [2.24, 2.45) is 23.5 Å². The van der Waals surface area contributed by atoms with Gasteiger partial charge in [0.05, 0.1) is 17.5 Å². The van der Waals surface area contributed by atoms with Gasteiger partial charge in [0.1, 0.15) is 28.7 Å². The average molecular weight is 551 g/mol. The number of anilines is 1. The highest BCUT2D eigenvalue weighted by molar-refractivity contribution is 6.14. The van der Waals surface area contributed by atoms with E-state index in [1.807, 2.05) is 31.1 Å². The molecule has 2 aromatic rings. The molecule has 1 amide bonds. The number of nitrogens with zero attached hydrogens (tertiary/aromatic N) is 3. The Balaban J connectivity index is 1.69. The van der Waals surface area contributed by atoms with Gasteiger partial charge in [-0.05, 0) is 68.1 Å². The van der Waals surface area contributed by atoms with E-state index in [-0.39, 0.29) is 23.3 Å². The van der Waals surface area contributed by atoms with Gasteiger partial charge in [0, 0.05) is 38.5 Å². The molecule has 212 valence electrons. The SMILES string of the molecule is COC1(O)C(C(N)=O)=C(O)[C@@H](N(C)C)C2CC3Cc4c(-c5ccc(N(C)C)nc5)ccc(O)c4C(=O)C3=C(O)C21. The minimum atomic E-state index is -2.47. The van der Waals surface area contributed by atoms with Gasteiger partial charge in [0.15, 0.2) is 5.78 Å². The second kappa shape index (κ2) is 9.61. The quantitative estimate of drug-likeness (QED) is 0.347. The first-order chi connectivity index (χ1) is 18.8. The maximum Gasteiger partial charge on any atom is 0.253 e. The lowest BCUT2D eigenvalue weighted by molar-refractivity contribution is -0.219. The number of carbonyl (C=O) groups excluding carboxylic acids is 2. The number of benzene rings is 1. The fraction of sp³-hybridized carbons (Fsp3) is 0.414. The zero-order valence-electron chi connectivity index (χ0n) is 23.0. The summed E-state index contributed by atoms with van der Waals surface area (Å²) in [6.07, 6.45) is 2.29. The van der Waals surface area contributed by atoms with Gasteiger partial charge in [-0.15, -0.1) is 0 Å². The van der Waals surface area contributed by atoms with Crippen molar-refractivity contribution < 1.29 is 34.8 Å². The third-order valence-electron chi connectivity index (χ3n) is 8.53. The van der Waals surface area contributed by atoms with Crippen molar-refractivity contribution in [2.45, 2.75) is 24.7 Å². The Morgan fingerprint density at radius 1 is 1.10 bits per heavy atom. The molecule has 0 spiro atoms. The van der Waals surface area contributed by atoms with Crippen LogP contribution in [0.5, 0.6) is 5.75 Å². The molecule has 0 bridgehead atoms. The number of ether oxygens (including phenoxy) is 1. The van der Waals surface area contributed by atoms with E-state index in [0.29, 0.717) is 12.0 Å². The van der Waals surface area contributed by atoms with Crippen LogP contribution in [0.25, 0.3) is 11.1 Å². The Labute approximate surface area is 231 Å². The summed E-state index contributed by atoms with van der Waals surface area (Å²) < 4.78 is 5.36. The second-order valence-electron chi connectivity index (χ2n) is 11.1. The number of rotatable bonds is 5. The molecule has 40 heavy (non-hydrogen) atoms. The molecule has 6 N–H and O–H groups in total. The number of aliphatic hydroxyl groups excluding tert-OH is 2. The molecule has 1 heterocycles. The predicted octanol–water partition coefficient (Wildman–Crippen LogP) is 1.90. The molecule has 11 nitrogen and oxygen atoms in total.